The highest BCUT2D eigenvalue weighted by Crippen LogP contribution is 2.28. The van der Waals surface area contributed by atoms with Gasteiger partial charge >= 0.3 is 0 Å². The molecule has 0 radical (unpaired) electrons. The molecule has 1 atom stereocenters. The molecule has 8 heteroatoms. The summed E-state index contributed by atoms with van der Waals surface area (Å²) in [5, 5.41) is 3.59. The minimum absolute atomic E-state index is 0.0884. The van der Waals surface area contributed by atoms with E-state index in [-0.39, 0.29) is 18.5 Å². The van der Waals surface area contributed by atoms with E-state index in [9.17, 15) is 13.2 Å². The van der Waals surface area contributed by atoms with Gasteiger partial charge in [-0.05, 0) is 49.2 Å². The van der Waals surface area contributed by atoms with Crippen LogP contribution in [0.25, 0.3) is 0 Å². The van der Waals surface area contributed by atoms with Crippen molar-refractivity contribution in [1.82, 2.24) is 5.32 Å². The summed E-state index contributed by atoms with van der Waals surface area (Å²) in [6.45, 7) is 4.03. The van der Waals surface area contributed by atoms with Gasteiger partial charge in [0, 0.05) is 21.7 Å². The molecule has 146 valence electrons. The van der Waals surface area contributed by atoms with Crippen LogP contribution >= 0.6 is 23.2 Å². The quantitative estimate of drug-likeness (QED) is 0.706. The molecule has 1 amide bonds. The third-order valence-corrected chi connectivity index (χ3v) is 5.64. The molecule has 1 N–H and O–H groups in total. The summed E-state index contributed by atoms with van der Waals surface area (Å²) in [5.74, 6) is -0.155. The molecule has 0 saturated carbocycles. The molecule has 0 heterocycles. The van der Waals surface area contributed by atoms with Gasteiger partial charge in [-0.1, -0.05) is 42.3 Å². The average molecular weight is 429 g/mol. The highest BCUT2D eigenvalue weighted by molar-refractivity contribution is 7.92. The number of amides is 1. The molecular formula is C19H22Cl2N2O3S. The van der Waals surface area contributed by atoms with E-state index in [0.717, 1.165) is 18.2 Å². The Hall–Kier alpha value is -1.76. The van der Waals surface area contributed by atoms with Gasteiger partial charge in [-0.15, -0.1) is 0 Å². The number of rotatable bonds is 7. The number of nitrogens with zero attached hydrogens (tertiary/aromatic N) is 1. The molecule has 0 aliphatic carbocycles. The van der Waals surface area contributed by atoms with Gasteiger partial charge in [0.2, 0.25) is 10.0 Å². The first-order valence-electron chi connectivity index (χ1n) is 8.43. The number of halogens is 2. The number of carbonyl (C=O) groups is 1. The zero-order valence-corrected chi connectivity index (χ0v) is 17.7. The minimum Gasteiger partial charge on any atom is -0.350 e. The molecule has 0 aliphatic heterocycles. The smallest absolute Gasteiger partial charge is 0.251 e. The van der Waals surface area contributed by atoms with E-state index in [4.69, 9.17) is 23.2 Å². The number of benzene rings is 2. The zero-order chi connectivity index (χ0) is 20.2. The summed E-state index contributed by atoms with van der Waals surface area (Å²) in [7, 11) is -3.56. The second kappa shape index (κ2) is 8.95. The van der Waals surface area contributed by atoms with Crippen LogP contribution in [-0.2, 0) is 16.6 Å². The summed E-state index contributed by atoms with van der Waals surface area (Å²) in [4.78, 5) is 12.2. The van der Waals surface area contributed by atoms with Gasteiger partial charge in [-0.2, -0.15) is 0 Å². The fourth-order valence-corrected chi connectivity index (χ4v) is 3.81. The molecule has 5 nitrogen and oxygen atoms in total. The molecule has 0 spiro atoms. The molecule has 0 fully saturated rings. The van der Waals surface area contributed by atoms with Crippen molar-refractivity contribution in [2.45, 2.75) is 32.9 Å². The van der Waals surface area contributed by atoms with Crippen LogP contribution in [0.15, 0.2) is 42.5 Å². The van der Waals surface area contributed by atoms with Crippen molar-refractivity contribution in [3.05, 3.63) is 63.6 Å². The van der Waals surface area contributed by atoms with Crippen LogP contribution in [0.1, 0.15) is 36.2 Å². The molecule has 1 unspecified atom stereocenters. The van der Waals surface area contributed by atoms with E-state index < -0.39 is 10.0 Å². The Bertz CT molecular complexity index is 895. The summed E-state index contributed by atoms with van der Waals surface area (Å²) in [5.41, 5.74) is 1.64. The van der Waals surface area contributed by atoms with Crippen molar-refractivity contribution in [2.24, 2.45) is 0 Å². The third-order valence-electron chi connectivity index (χ3n) is 4.07. The Kier molecular flexibility index (Phi) is 7.14. The van der Waals surface area contributed by atoms with Gasteiger partial charge in [0.25, 0.3) is 5.91 Å². The predicted octanol–water partition coefficient (Wildman–Crippen LogP) is 4.49. The highest BCUT2D eigenvalue weighted by atomic mass is 35.5. The van der Waals surface area contributed by atoms with Crippen LogP contribution in [0, 0.1) is 0 Å². The summed E-state index contributed by atoms with van der Waals surface area (Å²) in [6.07, 6.45) is 1.96. The SMILES string of the molecule is CCC(C)NC(=O)c1ccc(CN(c2cc(Cl)cc(Cl)c2)S(C)(=O)=O)cc1. The predicted molar refractivity (Wildman–Crippen MR) is 111 cm³/mol. The normalized spacial score (nSPS) is 12.5. The first kappa shape index (κ1) is 21.5. The van der Waals surface area contributed by atoms with E-state index in [1.807, 2.05) is 13.8 Å². The summed E-state index contributed by atoms with van der Waals surface area (Å²) in [6, 6.07) is 11.5. The molecule has 2 aromatic rings. The van der Waals surface area contributed by atoms with E-state index in [1.54, 1.807) is 36.4 Å². The Labute approximate surface area is 170 Å². The van der Waals surface area contributed by atoms with Gasteiger partial charge in [0.1, 0.15) is 0 Å². The van der Waals surface area contributed by atoms with Gasteiger partial charge in [0.05, 0.1) is 18.5 Å². The highest BCUT2D eigenvalue weighted by Gasteiger charge is 2.19. The maximum absolute atomic E-state index is 12.3. The fourth-order valence-electron chi connectivity index (χ4n) is 2.42. The van der Waals surface area contributed by atoms with E-state index in [2.05, 4.69) is 5.32 Å². The second-order valence-corrected chi connectivity index (χ2v) is 9.16. The van der Waals surface area contributed by atoms with Crippen molar-refractivity contribution in [3.8, 4) is 0 Å². The minimum atomic E-state index is -3.56. The molecule has 0 saturated heterocycles. The Morgan fingerprint density at radius 2 is 1.67 bits per heavy atom. The fraction of sp³-hybridized carbons (Fsp3) is 0.316. The van der Waals surface area contributed by atoms with Crippen LogP contribution < -0.4 is 9.62 Å². The largest absolute Gasteiger partial charge is 0.350 e. The average Bonchev–Trinajstić information content (AvgIpc) is 2.58. The number of nitrogens with one attached hydrogen (secondary N) is 1. The second-order valence-electron chi connectivity index (χ2n) is 6.38. The lowest BCUT2D eigenvalue weighted by Crippen LogP contribution is -2.32. The van der Waals surface area contributed by atoms with Crippen molar-refractivity contribution < 1.29 is 13.2 Å². The number of hydrogen-bond acceptors (Lipinski definition) is 3. The molecule has 0 aromatic heterocycles. The topological polar surface area (TPSA) is 66.5 Å². The number of hydrogen-bond donors (Lipinski definition) is 1. The van der Waals surface area contributed by atoms with Crippen LogP contribution in [0.2, 0.25) is 10.0 Å². The standard InChI is InChI=1S/C19H22Cl2N2O3S/c1-4-13(2)22-19(24)15-7-5-14(6-8-15)12-23(27(3,25)26)18-10-16(20)9-17(21)11-18/h5-11,13H,4,12H2,1-3H3,(H,22,24). The maximum Gasteiger partial charge on any atom is 0.251 e. The van der Waals surface area contributed by atoms with Crippen LogP contribution in [0.3, 0.4) is 0 Å². The zero-order valence-electron chi connectivity index (χ0n) is 15.4. The van der Waals surface area contributed by atoms with Crippen molar-refractivity contribution in [1.29, 1.82) is 0 Å². The Morgan fingerprint density at radius 1 is 1.11 bits per heavy atom. The first-order chi connectivity index (χ1) is 12.6. The molecular weight excluding hydrogens is 407 g/mol. The van der Waals surface area contributed by atoms with E-state index >= 15 is 0 Å². The lowest BCUT2D eigenvalue weighted by Gasteiger charge is -2.23. The number of carbonyl (C=O) groups excluding carboxylic acids is 1. The molecule has 0 bridgehead atoms. The summed E-state index contributed by atoms with van der Waals surface area (Å²) < 4.78 is 25.7. The number of anilines is 1. The van der Waals surface area contributed by atoms with Crippen molar-refractivity contribution in [3.63, 3.8) is 0 Å². The molecule has 0 aliphatic rings. The Balaban J connectivity index is 2.25. The van der Waals surface area contributed by atoms with Gasteiger partial charge in [0.15, 0.2) is 0 Å². The lowest BCUT2D eigenvalue weighted by atomic mass is 10.1. The lowest BCUT2D eigenvalue weighted by molar-refractivity contribution is 0.0939. The van der Waals surface area contributed by atoms with Gasteiger partial charge < -0.3 is 5.32 Å². The van der Waals surface area contributed by atoms with E-state index in [1.165, 1.54) is 10.4 Å². The van der Waals surface area contributed by atoms with Gasteiger partial charge in [-0.3, -0.25) is 9.10 Å². The van der Waals surface area contributed by atoms with Crippen molar-refractivity contribution >= 4 is 44.8 Å². The maximum atomic E-state index is 12.3. The Morgan fingerprint density at radius 3 is 2.15 bits per heavy atom. The van der Waals surface area contributed by atoms with Gasteiger partial charge in [-0.25, -0.2) is 8.42 Å². The number of sulfonamides is 1. The van der Waals surface area contributed by atoms with Crippen molar-refractivity contribution in [2.75, 3.05) is 10.6 Å². The first-order valence-corrected chi connectivity index (χ1v) is 11.0. The molecule has 2 aromatic carbocycles. The monoisotopic (exact) mass is 428 g/mol. The van der Waals surface area contributed by atoms with Crippen LogP contribution in [0.4, 0.5) is 5.69 Å². The molecule has 27 heavy (non-hydrogen) atoms. The van der Waals surface area contributed by atoms with Crippen LogP contribution in [0.5, 0.6) is 0 Å². The van der Waals surface area contributed by atoms with Crippen LogP contribution in [-0.4, -0.2) is 26.6 Å². The molecule has 2 rings (SSSR count). The van der Waals surface area contributed by atoms with E-state index in [0.29, 0.717) is 21.3 Å². The third kappa shape index (κ3) is 6.13. The summed E-state index contributed by atoms with van der Waals surface area (Å²) >= 11 is 12.0.